The number of nitrogens with zero attached hydrogens (tertiary/aromatic N) is 5. The molecule has 4 rings (SSSR count). The molecule has 2 aromatic heterocycles. The van der Waals surface area contributed by atoms with Gasteiger partial charge in [0, 0.05) is 44.0 Å². The average molecular weight is 487 g/mol. The molecule has 1 aliphatic rings. The second kappa shape index (κ2) is 10.5. The second-order valence-corrected chi connectivity index (χ2v) is 9.09. The van der Waals surface area contributed by atoms with Gasteiger partial charge in [-0.2, -0.15) is 18.2 Å². The van der Waals surface area contributed by atoms with Crippen LogP contribution in [0.2, 0.25) is 0 Å². The van der Waals surface area contributed by atoms with Gasteiger partial charge in [-0.25, -0.2) is 9.97 Å². The smallest absolute Gasteiger partial charge is 0.353 e. The van der Waals surface area contributed by atoms with E-state index in [4.69, 9.17) is 4.98 Å². The molecule has 10 heteroatoms. The Hall–Kier alpha value is -3.43. The van der Waals surface area contributed by atoms with Crippen molar-refractivity contribution in [3.8, 4) is 5.95 Å². The zero-order chi connectivity index (χ0) is 25.0. The lowest BCUT2D eigenvalue weighted by molar-refractivity contribution is -0.137. The molecule has 35 heavy (non-hydrogen) atoms. The maximum absolute atomic E-state index is 12.8. The first-order valence-corrected chi connectivity index (χ1v) is 11.8. The van der Waals surface area contributed by atoms with E-state index in [0.717, 1.165) is 49.5 Å². The third-order valence-corrected chi connectivity index (χ3v) is 6.16. The molecule has 3 aromatic rings. The van der Waals surface area contributed by atoms with Crippen molar-refractivity contribution in [1.29, 1.82) is 0 Å². The highest BCUT2D eigenvalue weighted by Crippen LogP contribution is 2.30. The zero-order valence-corrected chi connectivity index (χ0v) is 19.8. The minimum absolute atomic E-state index is 0.0260. The van der Waals surface area contributed by atoms with Crippen LogP contribution in [0.25, 0.3) is 5.95 Å². The highest BCUT2D eigenvalue weighted by atomic mass is 19.4. The molecular formula is C25H29F3N6O. The summed E-state index contributed by atoms with van der Waals surface area (Å²) < 4.78 is 40.0. The minimum atomic E-state index is -4.37. The van der Waals surface area contributed by atoms with Crippen molar-refractivity contribution >= 4 is 11.7 Å². The third kappa shape index (κ3) is 6.17. The van der Waals surface area contributed by atoms with Crippen molar-refractivity contribution < 1.29 is 18.0 Å². The number of benzene rings is 1. The monoisotopic (exact) mass is 486 g/mol. The molecule has 1 atom stereocenters. The van der Waals surface area contributed by atoms with Gasteiger partial charge in [0.2, 0.25) is 11.9 Å². The molecule has 1 fully saturated rings. The summed E-state index contributed by atoms with van der Waals surface area (Å²) in [5.74, 6) is 1.39. The number of imidazole rings is 1. The summed E-state index contributed by atoms with van der Waals surface area (Å²) in [4.78, 5) is 28.5. The van der Waals surface area contributed by atoms with Gasteiger partial charge in [-0.05, 0) is 42.9 Å². The van der Waals surface area contributed by atoms with Crippen LogP contribution >= 0.6 is 0 Å². The minimum Gasteiger partial charge on any atom is -0.353 e. The van der Waals surface area contributed by atoms with Crippen LogP contribution in [0.5, 0.6) is 0 Å². The Balaban J connectivity index is 1.46. The van der Waals surface area contributed by atoms with E-state index in [-0.39, 0.29) is 30.8 Å². The van der Waals surface area contributed by atoms with Crippen molar-refractivity contribution in [2.75, 3.05) is 11.4 Å². The van der Waals surface area contributed by atoms with Crippen LogP contribution < -0.4 is 10.2 Å². The fourth-order valence-electron chi connectivity index (χ4n) is 4.19. The quantitative estimate of drug-likeness (QED) is 0.516. The first-order chi connectivity index (χ1) is 16.7. The summed E-state index contributed by atoms with van der Waals surface area (Å²) in [5, 5.41) is 2.85. The number of carbonyl (C=O) groups is 1. The number of alkyl halides is 3. The predicted octanol–water partition coefficient (Wildman–Crippen LogP) is 4.87. The molecule has 0 saturated carbocycles. The van der Waals surface area contributed by atoms with Gasteiger partial charge in [-0.15, -0.1) is 0 Å². The highest BCUT2D eigenvalue weighted by molar-refractivity contribution is 5.77. The Bertz CT molecular complexity index is 1130. The number of hydrogen-bond donors (Lipinski definition) is 1. The molecule has 1 amide bonds. The topological polar surface area (TPSA) is 75.9 Å². The van der Waals surface area contributed by atoms with E-state index in [9.17, 15) is 18.0 Å². The van der Waals surface area contributed by atoms with Crippen LogP contribution in [0.15, 0.2) is 49.1 Å². The Labute approximate surface area is 202 Å². The van der Waals surface area contributed by atoms with Gasteiger partial charge in [-0.1, -0.05) is 26.0 Å². The molecule has 1 aromatic carbocycles. The number of rotatable bonds is 7. The molecule has 1 saturated heterocycles. The van der Waals surface area contributed by atoms with Crippen LogP contribution in [0, 0.1) is 0 Å². The van der Waals surface area contributed by atoms with E-state index in [0.29, 0.717) is 11.5 Å². The van der Waals surface area contributed by atoms with Crippen LogP contribution in [0.3, 0.4) is 0 Å². The van der Waals surface area contributed by atoms with E-state index >= 15 is 0 Å². The summed E-state index contributed by atoms with van der Waals surface area (Å²) in [6.45, 7) is 5.12. The molecule has 186 valence electrons. The van der Waals surface area contributed by atoms with Gasteiger partial charge in [0.15, 0.2) is 0 Å². The predicted molar refractivity (Wildman–Crippen MR) is 126 cm³/mol. The molecular weight excluding hydrogens is 457 g/mol. The Morgan fingerprint density at radius 2 is 1.94 bits per heavy atom. The fraction of sp³-hybridized carbons (Fsp3) is 0.440. The number of amides is 1. The summed E-state index contributed by atoms with van der Waals surface area (Å²) in [5.41, 5.74) is 0.829. The lowest BCUT2D eigenvalue weighted by atomic mass is 9.98. The van der Waals surface area contributed by atoms with E-state index in [1.54, 1.807) is 23.3 Å². The van der Waals surface area contributed by atoms with Gasteiger partial charge in [0.25, 0.3) is 0 Å². The molecule has 0 radical (unpaired) electrons. The van der Waals surface area contributed by atoms with E-state index in [2.05, 4.69) is 34.0 Å². The van der Waals surface area contributed by atoms with Crippen molar-refractivity contribution in [2.24, 2.45) is 0 Å². The molecule has 1 aliphatic heterocycles. The molecule has 0 bridgehead atoms. The summed E-state index contributed by atoms with van der Waals surface area (Å²) >= 11 is 0. The lowest BCUT2D eigenvalue weighted by Gasteiger charge is -2.36. The van der Waals surface area contributed by atoms with Crippen molar-refractivity contribution in [3.63, 3.8) is 0 Å². The molecule has 0 spiro atoms. The largest absolute Gasteiger partial charge is 0.416 e. The van der Waals surface area contributed by atoms with Crippen molar-refractivity contribution in [2.45, 2.75) is 64.2 Å². The standard InChI is InChI=1S/C25H29F3N6O/c1-17(2)21-14-22(32-24(31-21)33-12-10-29-16-33)34-11-4-3-5-20(34)13-23(35)30-15-18-6-8-19(9-7-18)25(26,27)28/h6-10,12,14,16-17,20H,3-5,11,13,15H2,1-2H3,(H,30,35). The van der Waals surface area contributed by atoms with Gasteiger partial charge in [-0.3, -0.25) is 9.36 Å². The average Bonchev–Trinajstić information content (AvgIpc) is 3.38. The van der Waals surface area contributed by atoms with E-state index < -0.39 is 11.7 Å². The third-order valence-electron chi connectivity index (χ3n) is 6.16. The van der Waals surface area contributed by atoms with E-state index in [1.165, 1.54) is 12.1 Å². The van der Waals surface area contributed by atoms with Gasteiger partial charge < -0.3 is 10.2 Å². The zero-order valence-electron chi connectivity index (χ0n) is 19.8. The highest BCUT2D eigenvalue weighted by Gasteiger charge is 2.30. The number of hydrogen-bond acceptors (Lipinski definition) is 5. The lowest BCUT2D eigenvalue weighted by Crippen LogP contribution is -2.43. The summed E-state index contributed by atoms with van der Waals surface area (Å²) in [6.07, 6.45) is 3.92. The summed E-state index contributed by atoms with van der Waals surface area (Å²) in [6, 6.07) is 6.81. The second-order valence-electron chi connectivity index (χ2n) is 9.09. The maximum atomic E-state index is 12.8. The normalized spacial score (nSPS) is 16.5. The van der Waals surface area contributed by atoms with Crippen LogP contribution in [0.1, 0.15) is 62.3 Å². The number of nitrogens with one attached hydrogen (secondary N) is 1. The number of carbonyl (C=O) groups excluding carboxylic acids is 1. The van der Waals surface area contributed by atoms with Gasteiger partial charge in [0.05, 0.1) is 11.3 Å². The maximum Gasteiger partial charge on any atom is 0.416 e. The molecule has 3 heterocycles. The first kappa shape index (κ1) is 24.7. The molecule has 1 unspecified atom stereocenters. The van der Waals surface area contributed by atoms with Crippen molar-refractivity contribution in [1.82, 2.24) is 24.8 Å². The number of aromatic nitrogens is 4. The van der Waals surface area contributed by atoms with Crippen molar-refractivity contribution in [3.05, 3.63) is 65.9 Å². The number of piperidine rings is 1. The fourth-order valence-corrected chi connectivity index (χ4v) is 4.19. The summed E-state index contributed by atoms with van der Waals surface area (Å²) in [7, 11) is 0. The van der Waals surface area contributed by atoms with E-state index in [1.807, 2.05) is 6.07 Å². The van der Waals surface area contributed by atoms with Crippen LogP contribution in [-0.2, 0) is 17.5 Å². The molecule has 0 aliphatic carbocycles. The van der Waals surface area contributed by atoms with Gasteiger partial charge in [0.1, 0.15) is 12.1 Å². The number of halogens is 3. The Morgan fingerprint density at radius 1 is 1.17 bits per heavy atom. The number of anilines is 1. The molecule has 1 N–H and O–H groups in total. The van der Waals surface area contributed by atoms with Gasteiger partial charge >= 0.3 is 6.18 Å². The molecule has 7 nitrogen and oxygen atoms in total. The Morgan fingerprint density at radius 3 is 2.60 bits per heavy atom. The first-order valence-electron chi connectivity index (χ1n) is 11.8. The van der Waals surface area contributed by atoms with Crippen LogP contribution in [-0.4, -0.2) is 38.0 Å². The SMILES string of the molecule is CC(C)c1cc(N2CCCCC2CC(=O)NCc2ccc(C(F)(F)F)cc2)nc(-n2ccnc2)n1. The Kier molecular flexibility index (Phi) is 7.37. The van der Waals surface area contributed by atoms with Crippen LogP contribution in [0.4, 0.5) is 19.0 Å².